The number of aromatic nitrogens is 2. The van der Waals surface area contributed by atoms with Crippen molar-refractivity contribution in [3.8, 4) is 0 Å². The van der Waals surface area contributed by atoms with Crippen LogP contribution in [0.4, 0.5) is 0 Å². The van der Waals surface area contributed by atoms with Gasteiger partial charge in [-0.3, -0.25) is 4.79 Å². The Morgan fingerprint density at radius 3 is 2.94 bits per heavy atom. The smallest absolute Gasteiger partial charge is 0.249 e. The number of fused-ring (bicyclic) bond motifs is 1. The maximum atomic E-state index is 11.7. The minimum Gasteiger partial charge on any atom is -0.375 e. The molecule has 1 aliphatic heterocycles. The lowest BCUT2D eigenvalue weighted by Crippen LogP contribution is -2.40. The Labute approximate surface area is 107 Å². The molecule has 1 aromatic rings. The Kier molecular flexibility index (Phi) is 3.98. The van der Waals surface area contributed by atoms with Crippen molar-refractivity contribution in [2.45, 2.75) is 19.6 Å². The lowest BCUT2D eigenvalue weighted by Gasteiger charge is -2.27. The first-order valence-corrected chi connectivity index (χ1v) is 6.06. The molecule has 0 saturated carbocycles. The number of carbonyl (C=O) groups is 1. The molecule has 6 nitrogen and oxygen atoms in total. The second-order valence-corrected chi connectivity index (χ2v) is 4.83. The van der Waals surface area contributed by atoms with Crippen LogP contribution in [0, 0.1) is 0 Å². The Morgan fingerprint density at radius 2 is 2.28 bits per heavy atom. The summed E-state index contributed by atoms with van der Waals surface area (Å²) in [6.45, 7) is 3.09. The number of methoxy groups -OCH3 is 1. The van der Waals surface area contributed by atoms with Gasteiger partial charge in [-0.05, 0) is 14.1 Å². The fourth-order valence-electron chi connectivity index (χ4n) is 2.14. The molecule has 2 rings (SSSR count). The Balaban J connectivity index is 2.05. The van der Waals surface area contributed by atoms with Crippen molar-refractivity contribution in [2.24, 2.45) is 0 Å². The molecule has 0 N–H and O–H groups in total. The first-order chi connectivity index (χ1) is 8.60. The largest absolute Gasteiger partial charge is 0.375 e. The van der Waals surface area contributed by atoms with Gasteiger partial charge in [0.1, 0.15) is 12.4 Å². The lowest BCUT2D eigenvalue weighted by molar-refractivity contribution is -0.136. The minimum atomic E-state index is 0.0286. The average molecular weight is 252 g/mol. The number of rotatable bonds is 4. The Bertz CT molecular complexity index is 428. The number of nitrogens with zero attached hydrogens (tertiary/aromatic N) is 4. The molecule has 1 aliphatic rings. The third-order valence-electron chi connectivity index (χ3n) is 2.95. The van der Waals surface area contributed by atoms with Crippen LogP contribution in [0.1, 0.15) is 11.5 Å². The number of amides is 1. The van der Waals surface area contributed by atoms with Crippen LogP contribution in [0.15, 0.2) is 6.20 Å². The van der Waals surface area contributed by atoms with Gasteiger partial charge in [-0.2, -0.15) is 0 Å². The van der Waals surface area contributed by atoms with Crippen LogP contribution < -0.4 is 0 Å². The third kappa shape index (κ3) is 2.88. The maximum Gasteiger partial charge on any atom is 0.249 e. The number of imidazole rings is 1. The summed E-state index contributed by atoms with van der Waals surface area (Å²) in [4.78, 5) is 20.2. The summed E-state index contributed by atoms with van der Waals surface area (Å²) in [5.74, 6) is 0.989. The van der Waals surface area contributed by atoms with E-state index in [4.69, 9.17) is 4.74 Å². The summed E-state index contributed by atoms with van der Waals surface area (Å²) in [5.41, 5.74) is 1.05. The van der Waals surface area contributed by atoms with E-state index in [-0.39, 0.29) is 12.5 Å². The molecule has 0 spiro atoms. The van der Waals surface area contributed by atoms with E-state index in [1.807, 2.05) is 14.1 Å². The first kappa shape index (κ1) is 13.0. The van der Waals surface area contributed by atoms with E-state index < -0.39 is 0 Å². The second kappa shape index (κ2) is 5.49. The van der Waals surface area contributed by atoms with Crippen LogP contribution in [-0.4, -0.2) is 59.6 Å². The first-order valence-electron chi connectivity index (χ1n) is 6.06. The highest BCUT2D eigenvalue weighted by atomic mass is 16.5. The standard InChI is InChI=1S/C12H20N4O2/c1-14(2)6-10-7-15-4-5-16(8-11(15)13-10)12(17)9-18-3/h7H,4-6,8-9H2,1-3H3. The molecule has 0 saturated heterocycles. The van der Waals surface area contributed by atoms with E-state index in [0.717, 1.165) is 31.2 Å². The van der Waals surface area contributed by atoms with Gasteiger partial charge in [-0.1, -0.05) is 0 Å². The van der Waals surface area contributed by atoms with Crippen molar-refractivity contribution >= 4 is 5.91 Å². The molecular weight excluding hydrogens is 232 g/mol. The molecule has 0 atom stereocenters. The second-order valence-electron chi connectivity index (χ2n) is 4.83. The van der Waals surface area contributed by atoms with Crippen LogP contribution in [0.25, 0.3) is 0 Å². The van der Waals surface area contributed by atoms with Crippen molar-refractivity contribution in [1.82, 2.24) is 19.4 Å². The number of ether oxygens (including phenoxy) is 1. The highest BCUT2D eigenvalue weighted by Crippen LogP contribution is 2.13. The average Bonchev–Trinajstić information content (AvgIpc) is 2.69. The predicted octanol–water partition coefficient (Wildman–Crippen LogP) is -0.0667. The van der Waals surface area contributed by atoms with Crippen LogP contribution in [0.3, 0.4) is 0 Å². The molecule has 0 unspecified atom stereocenters. The summed E-state index contributed by atoms with van der Waals surface area (Å²) < 4.78 is 7.01. The van der Waals surface area contributed by atoms with E-state index in [1.54, 1.807) is 4.90 Å². The monoisotopic (exact) mass is 252 g/mol. The van der Waals surface area contributed by atoms with E-state index in [2.05, 4.69) is 20.6 Å². The van der Waals surface area contributed by atoms with Gasteiger partial charge >= 0.3 is 0 Å². The van der Waals surface area contributed by atoms with Crippen molar-refractivity contribution < 1.29 is 9.53 Å². The summed E-state index contributed by atoms with van der Waals surface area (Å²) in [6.07, 6.45) is 2.08. The van der Waals surface area contributed by atoms with Crippen molar-refractivity contribution in [2.75, 3.05) is 34.4 Å². The maximum absolute atomic E-state index is 11.7. The van der Waals surface area contributed by atoms with Crippen LogP contribution in [0.2, 0.25) is 0 Å². The van der Waals surface area contributed by atoms with E-state index >= 15 is 0 Å². The zero-order valence-corrected chi connectivity index (χ0v) is 11.2. The normalized spacial score (nSPS) is 15.0. The lowest BCUT2D eigenvalue weighted by atomic mass is 10.3. The van der Waals surface area contributed by atoms with Crippen molar-refractivity contribution in [3.63, 3.8) is 0 Å². The molecule has 2 heterocycles. The molecule has 1 aromatic heterocycles. The van der Waals surface area contributed by atoms with Gasteiger partial charge in [0.25, 0.3) is 0 Å². The van der Waals surface area contributed by atoms with Gasteiger partial charge in [-0.15, -0.1) is 0 Å². The van der Waals surface area contributed by atoms with E-state index in [1.165, 1.54) is 7.11 Å². The van der Waals surface area contributed by atoms with E-state index in [9.17, 15) is 4.79 Å². The quantitative estimate of drug-likeness (QED) is 0.753. The van der Waals surface area contributed by atoms with Crippen molar-refractivity contribution in [3.05, 3.63) is 17.7 Å². The zero-order chi connectivity index (χ0) is 13.1. The fraction of sp³-hybridized carbons (Fsp3) is 0.667. The van der Waals surface area contributed by atoms with Gasteiger partial charge in [-0.25, -0.2) is 4.98 Å². The molecule has 100 valence electrons. The summed E-state index contributed by atoms with van der Waals surface area (Å²) in [7, 11) is 5.58. The molecule has 0 aliphatic carbocycles. The fourth-order valence-corrected chi connectivity index (χ4v) is 2.14. The molecule has 18 heavy (non-hydrogen) atoms. The van der Waals surface area contributed by atoms with Crippen LogP contribution in [0.5, 0.6) is 0 Å². The molecule has 6 heteroatoms. The van der Waals surface area contributed by atoms with Gasteiger partial charge in [0.15, 0.2) is 0 Å². The summed E-state index contributed by atoms with van der Waals surface area (Å²) in [5, 5.41) is 0. The molecule has 1 amide bonds. The molecular formula is C12H20N4O2. The molecule has 0 aromatic carbocycles. The minimum absolute atomic E-state index is 0.0286. The molecule has 0 radical (unpaired) electrons. The van der Waals surface area contributed by atoms with Gasteiger partial charge in [0, 0.05) is 32.9 Å². The topological polar surface area (TPSA) is 50.6 Å². The molecule has 0 bridgehead atoms. The highest BCUT2D eigenvalue weighted by molar-refractivity contribution is 5.77. The third-order valence-corrected chi connectivity index (χ3v) is 2.95. The van der Waals surface area contributed by atoms with Gasteiger partial charge in [0.05, 0.1) is 12.2 Å². The van der Waals surface area contributed by atoms with E-state index in [0.29, 0.717) is 6.54 Å². The molecule has 0 fully saturated rings. The number of carbonyl (C=O) groups excluding carboxylic acids is 1. The van der Waals surface area contributed by atoms with Crippen LogP contribution >= 0.6 is 0 Å². The zero-order valence-electron chi connectivity index (χ0n) is 11.2. The SMILES string of the molecule is COCC(=O)N1CCn2cc(CN(C)C)nc2C1. The van der Waals surface area contributed by atoms with Gasteiger partial charge in [0.2, 0.25) is 5.91 Å². The number of hydrogen-bond acceptors (Lipinski definition) is 4. The van der Waals surface area contributed by atoms with Crippen LogP contribution in [-0.2, 0) is 29.2 Å². The Morgan fingerprint density at radius 1 is 1.50 bits per heavy atom. The predicted molar refractivity (Wildman–Crippen MR) is 66.9 cm³/mol. The number of hydrogen-bond donors (Lipinski definition) is 0. The van der Waals surface area contributed by atoms with Crippen molar-refractivity contribution in [1.29, 1.82) is 0 Å². The summed E-state index contributed by atoms with van der Waals surface area (Å²) in [6, 6.07) is 0. The Hall–Kier alpha value is -1.40. The summed E-state index contributed by atoms with van der Waals surface area (Å²) >= 11 is 0. The van der Waals surface area contributed by atoms with Gasteiger partial charge < -0.3 is 19.1 Å². The highest BCUT2D eigenvalue weighted by Gasteiger charge is 2.22.